The number of carbonyl (C=O) groups excluding carboxylic acids is 1. The van der Waals surface area contributed by atoms with Gasteiger partial charge in [0.1, 0.15) is 11.6 Å². The Hall–Kier alpha value is -2.90. The summed E-state index contributed by atoms with van der Waals surface area (Å²) < 4.78 is 18.9. The van der Waals surface area contributed by atoms with E-state index in [-0.39, 0.29) is 17.6 Å². The van der Waals surface area contributed by atoms with Gasteiger partial charge >= 0.3 is 0 Å². The Morgan fingerprint density at radius 3 is 2.67 bits per heavy atom. The summed E-state index contributed by atoms with van der Waals surface area (Å²) in [6, 6.07) is 15.0. The molecule has 0 fully saturated rings. The zero-order chi connectivity index (χ0) is 21.3. The van der Waals surface area contributed by atoms with Gasteiger partial charge in [0, 0.05) is 37.6 Å². The molecule has 5 nitrogen and oxygen atoms in total. The zero-order valence-corrected chi connectivity index (χ0v) is 17.7. The Balaban J connectivity index is 1.75. The minimum absolute atomic E-state index is 0.0766. The van der Waals surface area contributed by atoms with Crippen LogP contribution in [0, 0.1) is 5.82 Å². The third kappa shape index (κ3) is 3.91. The molecular weight excluding hydrogens is 401 g/mol. The Kier molecular flexibility index (Phi) is 5.74. The molecule has 7 heteroatoms. The lowest BCUT2D eigenvalue weighted by atomic mass is 10.0. The van der Waals surface area contributed by atoms with Crippen molar-refractivity contribution >= 4 is 28.5 Å². The normalized spacial score (nSPS) is 17.3. The van der Waals surface area contributed by atoms with E-state index >= 15 is 0 Å². The summed E-state index contributed by atoms with van der Waals surface area (Å²) in [5.41, 5.74) is 9.47. The van der Waals surface area contributed by atoms with Crippen LogP contribution < -0.4 is 20.3 Å². The van der Waals surface area contributed by atoms with E-state index < -0.39 is 6.04 Å². The molecule has 0 radical (unpaired) electrons. The van der Waals surface area contributed by atoms with Gasteiger partial charge in [-0.2, -0.15) is 0 Å². The monoisotopic (exact) mass is 425 g/mol. The summed E-state index contributed by atoms with van der Waals surface area (Å²) in [5, 5.41) is 1.88. The van der Waals surface area contributed by atoms with Crippen LogP contribution in [0.25, 0.3) is 0 Å². The van der Waals surface area contributed by atoms with Crippen molar-refractivity contribution in [3.05, 3.63) is 76.2 Å². The minimum atomic E-state index is -0.714. The van der Waals surface area contributed by atoms with Gasteiger partial charge in [-0.05, 0) is 47.3 Å². The maximum atomic E-state index is 13.5. The molecule has 0 bridgehead atoms. The molecule has 2 atom stereocenters. The molecule has 0 amide bonds. The molecule has 2 N–H and O–H groups in total. The van der Waals surface area contributed by atoms with Crippen LogP contribution in [0.2, 0.25) is 0 Å². The smallest absolute Gasteiger partial charge is 0.191 e. The Bertz CT molecular complexity index is 1020. The van der Waals surface area contributed by atoms with Gasteiger partial charge < -0.3 is 20.3 Å². The molecule has 0 spiro atoms. The van der Waals surface area contributed by atoms with Gasteiger partial charge in [-0.3, -0.25) is 4.79 Å². The number of hydrogen-bond acceptors (Lipinski definition) is 6. The second-order valence-electron chi connectivity index (χ2n) is 7.40. The highest BCUT2D eigenvalue weighted by Gasteiger charge is 2.34. The first-order valence-corrected chi connectivity index (χ1v) is 10.6. The van der Waals surface area contributed by atoms with E-state index in [0.29, 0.717) is 18.0 Å². The number of thiophene rings is 1. The quantitative estimate of drug-likeness (QED) is 0.628. The van der Waals surface area contributed by atoms with E-state index in [1.807, 2.05) is 36.7 Å². The molecule has 3 aromatic rings. The van der Waals surface area contributed by atoms with Gasteiger partial charge in [0.25, 0.3) is 0 Å². The number of carbonyl (C=O) groups is 1. The Morgan fingerprint density at radius 2 is 2.00 bits per heavy atom. The second kappa shape index (κ2) is 8.45. The molecule has 30 heavy (non-hydrogen) atoms. The topological polar surface area (TPSA) is 58.8 Å². The molecule has 1 aliphatic heterocycles. The minimum Gasteiger partial charge on any atom is -0.497 e. The molecule has 0 saturated carbocycles. The van der Waals surface area contributed by atoms with E-state index in [1.54, 1.807) is 25.3 Å². The number of benzene rings is 2. The highest BCUT2D eigenvalue weighted by Crippen LogP contribution is 2.33. The number of ketones is 1. The van der Waals surface area contributed by atoms with Crippen molar-refractivity contribution < 1.29 is 13.9 Å². The van der Waals surface area contributed by atoms with E-state index in [1.165, 1.54) is 23.5 Å². The van der Waals surface area contributed by atoms with Crippen molar-refractivity contribution in [2.24, 2.45) is 5.73 Å². The molecular formula is C23H24FN3O2S. The number of halogens is 1. The summed E-state index contributed by atoms with van der Waals surface area (Å²) >= 11 is 1.40. The van der Waals surface area contributed by atoms with Crippen molar-refractivity contribution in [3.63, 3.8) is 0 Å². The van der Waals surface area contributed by atoms with Crippen LogP contribution in [0.15, 0.2) is 60.0 Å². The van der Waals surface area contributed by atoms with Crippen LogP contribution in [0.3, 0.4) is 0 Å². The molecule has 1 aromatic heterocycles. The molecule has 156 valence electrons. The van der Waals surface area contributed by atoms with Crippen LogP contribution in [0.5, 0.6) is 5.75 Å². The maximum absolute atomic E-state index is 13.5. The van der Waals surface area contributed by atoms with E-state index in [4.69, 9.17) is 10.5 Å². The van der Waals surface area contributed by atoms with Crippen LogP contribution in [0.1, 0.15) is 15.2 Å². The van der Waals surface area contributed by atoms with Crippen molar-refractivity contribution in [1.82, 2.24) is 0 Å². The van der Waals surface area contributed by atoms with Crippen LogP contribution in [0.4, 0.5) is 15.8 Å². The first-order chi connectivity index (χ1) is 14.5. The van der Waals surface area contributed by atoms with Gasteiger partial charge in [-0.15, -0.1) is 11.3 Å². The van der Waals surface area contributed by atoms with Gasteiger partial charge in [0.2, 0.25) is 0 Å². The molecule has 2 unspecified atom stereocenters. The number of hydrogen-bond donors (Lipinski definition) is 1. The number of methoxy groups -OCH3 is 1. The number of nitrogens with two attached hydrogens (primary N) is 1. The second-order valence-corrected chi connectivity index (χ2v) is 8.34. The largest absolute Gasteiger partial charge is 0.497 e. The van der Waals surface area contributed by atoms with Crippen molar-refractivity contribution in [2.45, 2.75) is 18.6 Å². The average molecular weight is 426 g/mol. The number of fused-ring (bicyclic) bond motifs is 1. The van der Waals surface area contributed by atoms with Gasteiger partial charge in [0.15, 0.2) is 5.78 Å². The van der Waals surface area contributed by atoms with E-state index in [9.17, 15) is 9.18 Å². The molecule has 4 rings (SSSR count). The summed E-state index contributed by atoms with van der Waals surface area (Å²) in [4.78, 5) is 17.9. The molecule has 0 saturated heterocycles. The number of likely N-dealkylation sites (N-methyl/N-ethyl adjacent to an activating group) is 1. The summed E-state index contributed by atoms with van der Waals surface area (Å²) in [5.74, 6) is 0.386. The Morgan fingerprint density at radius 1 is 1.23 bits per heavy atom. The van der Waals surface area contributed by atoms with Gasteiger partial charge in [-0.25, -0.2) is 4.39 Å². The number of rotatable bonds is 5. The fourth-order valence-electron chi connectivity index (χ4n) is 3.89. The average Bonchev–Trinajstić information content (AvgIpc) is 3.26. The summed E-state index contributed by atoms with van der Waals surface area (Å²) in [6.45, 7) is 1.14. The van der Waals surface area contributed by atoms with Crippen molar-refractivity contribution in [1.29, 1.82) is 0 Å². The SMILES string of the molecule is COc1ccc2c(c1)N(C)C(C(N)C(=O)c1cccs1)CN(c1ccc(F)cc1)C2. The van der Waals surface area contributed by atoms with Gasteiger partial charge in [-0.1, -0.05) is 12.1 Å². The lowest BCUT2D eigenvalue weighted by Crippen LogP contribution is -2.54. The van der Waals surface area contributed by atoms with E-state index in [0.717, 1.165) is 22.7 Å². The molecule has 0 aliphatic carbocycles. The number of Topliss-reactive ketones (excluding diaryl/α,β-unsaturated/α-hetero) is 1. The molecule has 2 heterocycles. The highest BCUT2D eigenvalue weighted by atomic mass is 32.1. The van der Waals surface area contributed by atoms with Crippen LogP contribution >= 0.6 is 11.3 Å². The maximum Gasteiger partial charge on any atom is 0.191 e. The zero-order valence-electron chi connectivity index (χ0n) is 16.9. The van der Waals surface area contributed by atoms with Crippen molar-refractivity contribution in [2.75, 3.05) is 30.5 Å². The number of nitrogens with zero attached hydrogens (tertiary/aromatic N) is 2. The first-order valence-electron chi connectivity index (χ1n) is 9.71. The predicted octanol–water partition coefficient (Wildman–Crippen LogP) is 3.93. The Labute approximate surface area is 179 Å². The third-order valence-electron chi connectivity index (χ3n) is 5.61. The molecule has 2 aromatic carbocycles. The predicted molar refractivity (Wildman–Crippen MR) is 119 cm³/mol. The number of ether oxygens (including phenoxy) is 1. The standard InChI is InChI=1S/C23H24FN3O2S/c1-26-19-12-18(29-2)10-5-15(19)13-27(17-8-6-16(24)7-9-17)14-20(26)22(25)23(28)21-4-3-11-30-21/h3-12,20,22H,13-14,25H2,1-2H3. The molecule has 1 aliphatic rings. The lowest BCUT2D eigenvalue weighted by molar-refractivity contribution is 0.0953. The van der Waals surface area contributed by atoms with Crippen LogP contribution in [-0.2, 0) is 6.54 Å². The van der Waals surface area contributed by atoms with E-state index in [2.05, 4.69) is 9.80 Å². The summed E-state index contributed by atoms with van der Waals surface area (Å²) in [7, 11) is 3.59. The third-order valence-corrected chi connectivity index (χ3v) is 6.50. The first kappa shape index (κ1) is 20.4. The summed E-state index contributed by atoms with van der Waals surface area (Å²) in [6.07, 6.45) is 0. The van der Waals surface area contributed by atoms with Crippen LogP contribution in [-0.4, -0.2) is 38.6 Å². The van der Waals surface area contributed by atoms with Gasteiger partial charge in [0.05, 0.1) is 24.1 Å². The van der Waals surface area contributed by atoms with Crippen molar-refractivity contribution in [3.8, 4) is 5.75 Å². The fraction of sp³-hybridized carbons (Fsp3) is 0.261. The number of anilines is 2. The fourth-order valence-corrected chi connectivity index (χ4v) is 4.60. The highest BCUT2D eigenvalue weighted by molar-refractivity contribution is 7.12. The lowest BCUT2D eigenvalue weighted by Gasteiger charge is -2.35.